The molecule has 0 aromatic carbocycles. The number of hydrogen-bond donors (Lipinski definition) is 0. The van der Waals surface area contributed by atoms with Crippen LogP contribution in [-0.4, -0.2) is 11.6 Å². The average molecular weight is 154 g/mol. The van der Waals surface area contributed by atoms with Gasteiger partial charge in [0.1, 0.15) is 5.60 Å². The molecule has 2 aliphatic rings. The third kappa shape index (κ3) is 0.959. The first kappa shape index (κ1) is 7.14. The van der Waals surface area contributed by atoms with E-state index >= 15 is 0 Å². The Morgan fingerprint density at radius 3 is 2.55 bits per heavy atom. The molecule has 2 rings (SSSR count). The molecule has 1 unspecified atom stereocenters. The summed E-state index contributed by atoms with van der Waals surface area (Å²) >= 11 is 0. The minimum absolute atomic E-state index is 0.0133. The summed E-state index contributed by atoms with van der Waals surface area (Å²) in [6.45, 7) is 2.14. The molecule has 1 aliphatic heterocycles. The Morgan fingerprint density at radius 2 is 2.09 bits per heavy atom. The number of carbonyl (C=O) groups is 1. The summed E-state index contributed by atoms with van der Waals surface area (Å²) in [5.41, 5.74) is -0.0307. The van der Waals surface area contributed by atoms with Crippen LogP contribution in [0.5, 0.6) is 0 Å². The molecule has 1 atom stereocenters. The second-order valence-electron chi connectivity index (χ2n) is 3.85. The van der Waals surface area contributed by atoms with E-state index in [1.54, 1.807) is 0 Å². The number of esters is 1. The van der Waals surface area contributed by atoms with Crippen LogP contribution >= 0.6 is 0 Å². The molecule has 0 aromatic rings. The summed E-state index contributed by atoms with van der Waals surface area (Å²) in [5.74, 6) is 0.469. The van der Waals surface area contributed by atoms with E-state index in [9.17, 15) is 4.79 Å². The molecule has 2 nitrogen and oxygen atoms in total. The van der Waals surface area contributed by atoms with Gasteiger partial charge in [0, 0.05) is 5.92 Å². The predicted molar refractivity (Wildman–Crippen MR) is 41.1 cm³/mol. The average Bonchev–Trinajstić information content (AvgIpc) is 2.45. The van der Waals surface area contributed by atoms with Gasteiger partial charge in [-0.25, -0.2) is 0 Å². The van der Waals surface area contributed by atoms with E-state index in [0.717, 1.165) is 12.8 Å². The van der Waals surface area contributed by atoms with Crippen molar-refractivity contribution in [1.82, 2.24) is 0 Å². The van der Waals surface area contributed by atoms with Crippen molar-refractivity contribution in [1.29, 1.82) is 0 Å². The zero-order chi connectivity index (χ0) is 7.90. The maximum absolute atomic E-state index is 11.0. The largest absolute Gasteiger partial charge is 0.459 e. The van der Waals surface area contributed by atoms with Crippen LogP contribution in [0.1, 0.15) is 39.0 Å². The molecule has 2 heteroatoms. The van der Waals surface area contributed by atoms with Crippen molar-refractivity contribution in [2.24, 2.45) is 5.92 Å². The highest BCUT2D eigenvalue weighted by Gasteiger charge is 2.48. The second kappa shape index (κ2) is 2.23. The lowest BCUT2D eigenvalue weighted by atomic mass is 9.88. The summed E-state index contributed by atoms with van der Waals surface area (Å²) in [4.78, 5) is 11.0. The molecule has 2 fully saturated rings. The first-order valence-corrected chi connectivity index (χ1v) is 4.45. The maximum atomic E-state index is 11.0. The zero-order valence-corrected chi connectivity index (χ0v) is 6.93. The van der Waals surface area contributed by atoms with Crippen molar-refractivity contribution in [2.75, 3.05) is 0 Å². The Balaban J connectivity index is 2.18. The molecular weight excluding hydrogens is 140 g/mol. The Bertz CT molecular complexity index is 180. The van der Waals surface area contributed by atoms with Crippen molar-refractivity contribution in [3.63, 3.8) is 0 Å². The van der Waals surface area contributed by atoms with Crippen molar-refractivity contribution in [2.45, 2.75) is 44.6 Å². The van der Waals surface area contributed by atoms with Gasteiger partial charge in [0.2, 0.25) is 0 Å². The molecule has 0 amide bonds. The van der Waals surface area contributed by atoms with Crippen molar-refractivity contribution >= 4 is 5.97 Å². The summed E-state index contributed by atoms with van der Waals surface area (Å²) in [6.07, 6.45) is 5.30. The van der Waals surface area contributed by atoms with Crippen LogP contribution in [0.15, 0.2) is 0 Å². The Morgan fingerprint density at radius 1 is 1.45 bits per heavy atom. The summed E-state index contributed by atoms with van der Waals surface area (Å²) in [5, 5.41) is 0. The van der Waals surface area contributed by atoms with Crippen LogP contribution < -0.4 is 0 Å². The monoisotopic (exact) mass is 154 g/mol. The molecule has 0 aromatic heterocycles. The first-order chi connectivity index (χ1) is 5.23. The van der Waals surface area contributed by atoms with E-state index in [1.165, 1.54) is 12.8 Å². The molecule has 0 radical (unpaired) electrons. The van der Waals surface area contributed by atoms with Gasteiger partial charge in [-0.1, -0.05) is 6.92 Å². The Kier molecular flexibility index (Phi) is 1.44. The van der Waals surface area contributed by atoms with Crippen LogP contribution in [0.25, 0.3) is 0 Å². The fraction of sp³-hybridized carbons (Fsp3) is 0.889. The predicted octanol–water partition coefficient (Wildman–Crippen LogP) is 1.88. The summed E-state index contributed by atoms with van der Waals surface area (Å²) in [7, 11) is 0. The lowest BCUT2D eigenvalue weighted by Gasteiger charge is -2.25. The van der Waals surface area contributed by atoms with Crippen molar-refractivity contribution in [3.8, 4) is 0 Å². The van der Waals surface area contributed by atoms with Gasteiger partial charge < -0.3 is 4.74 Å². The molecule has 1 saturated carbocycles. The first-order valence-electron chi connectivity index (χ1n) is 4.45. The highest BCUT2D eigenvalue weighted by atomic mass is 16.6. The number of carbonyl (C=O) groups excluding carboxylic acids is 1. The van der Waals surface area contributed by atoms with Crippen LogP contribution in [0, 0.1) is 5.92 Å². The highest BCUT2D eigenvalue weighted by molar-refractivity contribution is 5.72. The standard InChI is InChI=1S/C9H14O2/c1-7-6-8(10)11-9(7)4-2-3-5-9/h7H,2-6H2,1H3. The lowest BCUT2D eigenvalue weighted by Crippen LogP contribution is -2.30. The molecule has 0 bridgehead atoms. The zero-order valence-electron chi connectivity index (χ0n) is 6.93. The molecule has 1 saturated heterocycles. The third-order valence-corrected chi connectivity index (χ3v) is 3.14. The van der Waals surface area contributed by atoms with Gasteiger partial charge in [-0.15, -0.1) is 0 Å². The van der Waals surface area contributed by atoms with E-state index in [2.05, 4.69) is 6.92 Å². The van der Waals surface area contributed by atoms with Gasteiger partial charge in [0.05, 0.1) is 6.42 Å². The number of rotatable bonds is 0. The Hall–Kier alpha value is -0.530. The normalized spacial score (nSPS) is 34.6. The van der Waals surface area contributed by atoms with E-state index < -0.39 is 0 Å². The molecule has 62 valence electrons. The minimum atomic E-state index is -0.0307. The van der Waals surface area contributed by atoms with Crippen LogP contribution in [0.4, 0.5) is 0 Å². The molecule has 1 spiro atoms. The van der Waals surface area contributed by atoms with Gasteiger partial charge in [-0.2, -0.15) is 0 Å². The van der Waals surface area contributed by atoms with Crippen LogP contribution in [-0.2, 0) is 9.53 Å². The topological polar surface area (TPSA) is 26.3 Å². The molecular formula is C9H14O2. The van der Waals surface area contributed by atoms with Gasteiger partial charge in [-0.05, 0) is 25.7 Å². The van der Waals surface area contributed by atoms with E-state index in [-0.39, 0.29) is 11.6 Å². The third-order valence-electron chi connectivity index (χ3n) is 3.14. The fourth-order valence-corrected chi connectivity index (χ4v) is 2.37. The number of hydrogen-bond acceptors (Lipinski definition) is 2. The van der Waals surface area contributed by atoms with Gasteiger partial charge in [-0.3, -0.25) is 4.79 Å². The molecule has 1 heterocycles. The quantitative estimate of drug-likeness (QED) is 0.498. The summed E-state index contributed by atoms with van der Waals surface area (Å²) in [6, 6.07) is 0. The lowest BCUT2D eigenvalue weighted by molar-refractivity contribution is -0.148. The van der Waals surface area contributed by atoms with E-state index in [1.807, 2.05) is 0 Å². The maximum Gasteiger partial charge on any atom is 0.306 e. The van der Waals surface area contributed by atoms with Gasteiger partial charge in [0.25, 0.3) is 0 Å². The van der Waals surface area contributed by atoms with Crippen molar-refractivity contribution in [3.05, 3.63) is 0 Å². The molecule has 0 N–H and O–H groups in total. The van der Waals surface area contributed by atoms with E-state index in [0.29, 0.717) is 12.3 Å². The van der Waals surface area contributed by atoms with E-state index in [4.69, 9.17) is 4.74 Å². The SMILES string of the molecule is CC1CC(=O)OC12CCCC2. The number of ether oxygens (including phenoxy) is 1. The second-order valence-corrected chi connectivity index (χ2v) is 3.85. The minimum Gasteiger partial charge on any atom is -0.459 e. The smallest absolute Gasteiger partial charge is 0.306 e. The fourth-order valence-electron chi connectivity index (χ4n) is 2.37. The van der Waals surface area contributed by atoms with Gasteiger partial charge in [0.15, 0.2) is 0 Å². The van der Waals surface area contributed by atoms with Crippen LogP contribution in [0.3, 0.4) is 0 Å². The van der Waals surface area contributed by atoms with Crippen molar-refractivity contribution < 1.29 is 9.53 Å². The summed E-state index contributed by atoms with van der Waals surface area (Å²) < 4.78 is 5.38. The van der Waals surface area contributed by atoms with Gasteiger partial charge >= 0.3 is 5.97 Å². The molecule has 11 heavy (non-hydrogen) atoms. The highest BCUT2D eigenvalue weighted by Crippen LogP contribution is 2.44. The van der Waals surface area contributed by atoms with Crippen LogP contribution in [0.2, 0.25) is 0 Å². The molecule has 1 aliphatic carbocycles. The Labute approximate surface area is 66.9 Å².